The molecule has 0 spiro atoms. The molecule has 24 heavy (non-hydrogen) atoms. The summed E-state index contributed by atoms with van der Waals surface area (Å²) in [7, 11) is 0. The molecular formula is C17H12F2N4O. The minimum atomic E-state index is -0.685. The molecule has 2 aromatic heterocycles. The van der Waals surface area contributed by atoms with Gasteiger partial charge in [0.05, 0.1) is 11.3 Å². The van der Waals surface area contributed by atoms with E-state index in [-0.39, 0.29) is 12.5 Å². The quantitative estimate of drug-likeness (QED) is 0.800. The maximum atomic E-state index is 13.1. The first kappa shape index (κ1) is 15.7. The second-order valence-corrected chi connectivity index (χ2v) is 5.02. The molecule has 0 aliphatic rings. The summed E-state index contributed by atoms with van der Waals surface area (Å²) in [5.74, 6) is -1.76. The average molecular weight is 326 g/mol. The Labute approximate surface area is 136 Å². The van der Waals surface area contributed by atoms with E-state index < -0.39 is 11.6 Å². The number of rotatable bonds is 4. The molecule has 1 N–H and O–H groups in total. The zero-order chi connectivity index (χ0) is 16.9. The molecule has 7 heteroatoms. The molecule has 0 fully saturated rings. The predicted molar refractivity (Wildman–Crippen MR) is 82.8 cm³/mol. The summed E-state index contributed by atoms with van der Waals surface area (Å²) in [6.45, 7) is 0.0157. The number of aromatic nitrogens is 3. The first-order valence-corrected chi connectivity index (χ1v) is 7.06. The van der Waals surface area contributed by atoms with E-state index in [0.717, 1.165) is 11.6 Å². The molecule has 0 atom stereocenters. The highest BCUT2D eigenvalue weighted by molar-refractivity contribution is 5.94. The van der Waals surface area contributed by atoms with Crippen molar-refractivity contribution in [1.29, 1.82) is 0 Å². The summed E-state index contributed by atoms with van der Waals surface area (Å²) in [5.41, 5.74) is 2.05. The molecule has 0 bridgehead atoms. The first-order valence-electron chi connectivity index (χ1n) is 7.06. The van der Waals surface area contributed by atoms with Gasteiger partial charge in [0.25, 0.3) is 5.91 Å². The molecule has 0 saturated carbocycles. The Bertz CT molecular complexity index is 834. The molecule has 0 aliphatic carbocycles. The van der Waals surface area contributed by atoms with Gasteiger partial charge in [-0.15, -0.1) is 0 Å². The maximum Gasteiger partial charge on any atom is 0.253 e. The van der Waals surface area contributed by atoms with Crippen LogP contribution in [0.4, 0.5) is 8.78 Å². The molecule has 3 rings (SSSR count). The summed E-state index contributed by atoms with van der Waals surface area (Å²) >= 11 is 0. The number of nitrogens with one attached hydrogen (secondary N) is 1. The van der Waals surface area contributed by atoms with Crippen molar-refractivity contribution in [2.75, 3.05) is 0 Å². The molecule has 0 saturated heterocycles. The summed E-state index contributed by atoms with van der Waals surface area (Å²) in [6.07, 6.45) is 6.07. The Kier molecular flexibility index (Phi) is 4.51. The van der Waals surface area contributed by atoms with Crippen LogP contribution in [0.5, 0.6) is 0 Å². The van der Waals surface area contributed by atoms with E-state index in [1.807, 2.05) is 0 Å². The summed E-state index contributed by atoms with van der Waals surface area (Å²) in [5, 5.41) is 2.59. The van der Waals surface area contributed by atoms with Gasteiger partial charge in [0.2, 0.25) is 0 Å². The van der Waals surface area contributed by atoms with Crippen LogP contribution in [0.15, 0.2) is 55.2 Å². The van der Waals surface area contributed by atoms with Crippen LogP contribution in [0.3, 0.4) is 0 Å². The van der Waals surface area contributed by atoms with Crippen molar-refractivity contribution in [3.8, 4) is 11.3 Å². The Morgan fingerprint density at radius 1 is 1.00 bits per heavy atom. The highest BCUT2D eigenvalue weighted by atomic mass is 19.1. The number of halogens is 2. The number of pyridine rings is 1. The van der Waals surface area contributed by atoms with Crippen molar-refractivity contribution < 1.29 is 13.6 Å². The van der Waals surface area contributed by atoms with Crippen LogP contribution < -0.4 is 5.32 Å². The molecule has 1 amide bonds. The highest BCUT2D eigenvalue weighted by Gasteiger charge is 2.08. The third kappa shape index (κ3) is 3.75. The fourth-order valence-electron chi connectivity index (χ4n) is 2.13. The number of nitrogens with zero attached hydrogens (tertiary/aromatic N) is 3. The van der Waals surface area contributed by atoms with Crippen molar-refractivity contribution >= 4 is 5.91 Å². The zero-order valence-corrected chi connectivity index (χ0v) is 12.4. The van der Waals surface area contributed by atoms with Crippen LogP contribution in [-0.2, 0) is 6.54 Å². The number of amides is 1. The summed E-state index contributed by atoms with van der Waals surface area (Å²) in [4.78, 5) is 24.1. The Balaban J connectivity index is 1.67. The topological polar surface area (TPSA) is 67.8 Å². The van der Waals surface area contributed by atoms with Crippen molar-refractivity contribution in [2.24, 2.45) is 0 Å². The molecule has 1 aromatic carbocycles. The van der Waals surface area contributed by atoms with Crippen LogP contribution >= 0.6 is 0 Å². The lowest BCUT2D eigenvalue weighted by molar-refractivity contribution is 0.0950. The van der Waals surface area contributed by atoms with E-state index in [9.17, 15) is 13.6 Å². The van der Waals surface area contributed by atoms with Gasteiger partial charge in [0.15, 0.2) is 0 Å². The lowest BCUT2D eigenvalue weighted by Crippen LogP contribution is -2.23. The Hall–Kier alpha value is -3.22. The standard InChI is InChI=1S/C17H12F2N4O/c18-14-3-11(4-15(19)5-14)6-23-17(24)12-1-2-16(22-9-12)13-7-20-10-21-8-13/h1-5,7-10H,6H2,(H,23,24). The van der Waals surface area contributed by atoms with Gasteiger partial charge in [-0.05, 0) is 29.8 Å². The minimum Gasteiger partial charge on any atom is -0.348 e. The number of hydrogen-bond acceptors (Lipinski definition) is 4. The molecule has 0 unspecified atom stereocenters. The first-order chi connectivity index (χ1) is 11.6. The smallest absolute Gasteiger partial charge is 0.253 e. The lowest BCUT2D eigenvalue weighted by atomic mass is 10.1. The van der Waals surface area contributed by atoms with Crippen molar-refractivity contribution in [2.45, 2.75) is 6.54 Å². The number of carbonyl (C=O) groups excluding carboxylic acids is 1. The van der Waals surface area contributed by atoms with Gasteiger partial charge in [0.1, 0.15) is 18.0 Å². The zero-order valence-electron chi connectivity index (χ0n) is 12.4. The van der Waals surface area contributed by atoms with E-state index >= 15 is 0 Å². The largest absolute Gasteiger partial charge is 0.348 e. The molecular weight excluding hydrogens is 314 g/mol. The van der Waals surface area contributed by atoms with Crippen molar-refractivity contribution in [3.63, 3.8) is 0 Å². The van der Waals surface area contributed by atoms with E-state index in [0.29, 0.717) is 16.8 Å². The van der Waals surface area contributed by atoms with Gasteiger partial charge in [-0.1, -0.05) is 0 Å². The molecule has 120 valence electrons. The van der Waals surface area contributed by atoms with Crippen LogP contribution in [0.25, 0.3) is 11.3 Å². The Morgan fingerprint density at radius 3 is 2.33 bits per heavy atom. The van der Waals surface area contributed by atoms with Crippen LogP contribution in [0.1, 0.15) is 15.9 Å². The normalized spacial score (nSPS) is 10.4. The van der Waals surface area contributed by atoms with Gasteiger partial charge in [-0.25, -0.2) is 18.7 Å². The second kappa shape index (κ2) is 6.91. The fourth-order valence-corrected chi connectivity index (χ4v) is 2.13. The van der Waals surface area contributed by atoms with Crippen LogP contribution in [0, 0.1) is 11.6 Å². The highest BCUT2D eigenvalue weighted by Crippen LogP contribution is 2.14. The van der Waals surface area contributed by atoms with Crippen LogP contribution in [0.2, 0.25) is 0 Å². The van der Waals surface area contributed by atoms with Crippen molar-refractivity contribution in [3.05, 3.63) is 78.0 Å². The van der Waals surface area contributed by atoms with Crippen LogP contribution in [-0.4, -0.2) is 20.9 Å². The summed E-state index contributed by atoms with van der Waals surface area (Å²) < 4.78 is 26.2. The monoisotopic (exact) mass is 326 g/mol. The molecule has 3 aromatic rings. The maximum absolute atomic E-state index is 13.1. The van der Waals surface area contributed by atoms with E-state index in [1.165, 1.54) is 24.7 Å². The fraction of sp³-hybridized carbons (Fsp3) is 0.0588. The van der Waals surface area contributed by atoms with Gasteiger partial charge >= 0.3 is 0 Å². The third-order valence-electron chi connectivity index (χ3n) is 3.26. The van der Waals surface area contributed by atoms with E-state index in [1.54, 1.807) is 24.5 Å². The van der Waals surface area contributed by atoms with E-state index in [4.69, 9.17) is 0 Å². The number of carbonyl (C=O) groups is 1. The van der Waals surface area contributed by atoms with Gasteiger partial charge in [-0.3, -0.25) is 9.78 Å². The third-order valence-corrected chi connectivity index (χ3v) is 3.26. The Morgan fingerprint density at radius 2 is 1.71 bits per heavy atom. The molecule has 0 aliphatic heterocycles. The number of hydrogen-bond donors (Lipinski definition) is 1. The SMILES string of the molecule is O=C(NCc1cc(F)cc(F)c1)c1ccc(-c2cncnc2)nc1. The van der Waals surface area contributed by atoms with Gasteiger partial charge in [0, 0.05) is 36.8 Å². The summed E-state index contributed by atoms with van der Waals surface area (Å²) in [6, 6.07) is 6.40. The lowest BCUT2D eigenvalue weighted by Gasteiger charge is -2.06. The molecule has 5 nitrogen and oxygen atoms in total. The minimum absolute atomic E-state index is 0.0157. The average Bonchev–Trinajstić information content (AvgIpc) is 2.60. The number of benzene rings is 1. The van der Waals surface area contributed by atoms with Gasteiger partial charge in [-0.2, -0.15) is 0 Å². The molecule has 2 heterocycles. The second-order valence-electron chi connectivity index (χ2n) is 5.02. The predicted octanol–water partition coefficient (Wildman–Crippen LogP) is 2.75. The molecule has 0 radical (unpaired) electrons. The van der Waals surface area contributed by atoms with Gasteiger partial charge < -0.3 is 5.32 Å². The van der Waals surface area contributed by atoms with Crippen molar-refractivity contribution in [1.82, 2.24) is 20.3 Å². The van der Waals surface area contributed by atoms with E-state index in [2.05, 4.69) is 20.3 Å².